The van der Waals surface area contributed by atoms with E-state index in [0.717, 1.165) is 48.3 Å². The highest BCUT2D eigenvalue weighted by molar-refractivity contribution is 7.85. The van der Waals surface area contributed by atoms with Crippen LogP contribution in [0.15, 0.2) is 75.4 Å². The third-order valence-corrected chi connectivity index (χ3v) is 6.46. The molecule has 0 amide bonds. The molecule has 1 aliphatic heterocycles. The number of ether oxygens (including phenoxy) is 1. The Balaban J connectivity index is 1.59. The molecule has 0 atom stereocenters. The number of non-ortho nitro benzene ring substituents is 1. The van der Waals surface area contributed by atoms with Gasteiger partial charge in [-0.05, 0) is 59.9 Å². The first kappa shape index (κ1) is 23.6. The summed E-state index contributed by atoms with van der Waals surface area (Å²) in [6, 6.07) is 12.2. The van der Waals surface area contributed by atoms with Crippen LogP contribution in [0.2, 0.25) is 0 Å². The number of hydrazone groups is 1. The second-order valence-electron chi connectivity index (χ2n) is 7.86. The molecule has 0 bridgehead atoms. The Kier molecular flexibility index (Phi) is 7.06. The average Bonchev–Trinajstić information content (AvgIpc) is 3.21. The van der Waals surface area contributed by atoms with E-state index in [9.17, 15) is 18.5 Å². The van der Waals surface area contributed by atoms with Gasteiger partial charge in [0.1, 0.15) is 0 Å². The summed E-state index contributed by atoms with van der Waals surface area (Å²) < 4.78 is 36.9. The molecule has 11 heteroatoms. The molecule has 178 valence electrons. The Morgan fingerprint density at radius 1 is 1.12 bits per heavy atom. The van der Waals surface area contributed by atoms with Gasteiger partial charge in [0, 0.05) is 30.9 Å². The number of anilines is 1. The van der Waals surface area contributed by atoms with E-state index in [1.807, 2.05) is 12.1 Å². The first-order chi connectivity index (χ1) is 16.3. The Labute approximate surface area is 197 Å². The molecule has 2 aromatic rings. The molecule has 0 unspecified atom stereocenters. The largest absolute Gasteiger partial charge is 0.378 e. The quantitative estimate of drug-likeness (QED) is 0.263. The van der Waals surface area contributed by atoms with Gasteiger partial charge in [-0.25, -0.2) is 0 Å². The van der Waals surface area contributed by atoms with Crippen molar-refractivity contribution in [2.75, 3.05) is 31.7 Å². The predicted octanol–water partition coefficient (Wildman–Crippen LogP) is 3.70. The van der Waals surface area contributed by atoms with E-state index >= 15 is 0 Å². The van der Waals surface area contributed by atoms with Crippen molar-refractivity contribution in [1.29, 1.82) is 0 Å². The smallest absolute Gasteiger partial charge is 0.294 e. The van der Waals surface area contributed by atoms with Gasteiger partial charge in [0.2, 0.25) is 0 Å². The van der Waals surface area contributed by atoms with E-state index in [-0.39, 0.29) is 10.6 Å². The molecule has 10 nitrogen and oxygen atoms in total. The van der Waals surface area contributed by atoms with Gasteiger partial charge in [-0.1, -0.05) is 12.1 Å². The number of benzene rings is 2. The lowest BCUT2D eigenvalue weighted by Crippen LogP contribution is -2.36. The van der Waals surface area contributed by atoms with E-state index < -0.39 is 15.0 Å². The first-order valence-corrected chi connectivity index (χ1v) is 12.1. The zero-order chi connectivity index (χ0) is 24.1. The zero-order valence-electron chi connectivity index (χ0n) is 18.3. The summed E-state index contributed by atoms with van der Waals surface area (Å²) in [5.74, 6) is 0. The van der Waals surface area contributed by atoms with Crippen LogP contribution in [0, 0.1) is 10.1 Å². The van der Waals surface area contributed by atoms with Crippen LogP contribution < -0.4 is 5.43 Å². The summed E-state index contributed by atoms with van der Waals surface area (Å²) in [7, 11) is -4.25. The Morgan fingerprint density at radius 2 is 1.85 bits per heavy atom. The number of rotatable bonds is 7. The molecule has 0 aromatic heterocycles. The maximum Gasteiger partial charge on any atom is 0.294 e. The van der Waals surface area contributed by atoms with Gasteiger partial charge in [0.25, 0.3) is 15.8 Å². The van der Waals surface area contributed by atoms with Gasteiger partial charge in [-0.15, -0.1) is 0 Å². The van der Waals surface area contributed by atoms with Crippen molar-refractivity contribution in [3.05, 3.63) is 81.1 Å². The van der Waals surface area contributed by atoms with Gasteiger partial charge in [-0.2, -0.15) is 13.5 Å². The third kappa shape index (κ3) is 5.68. The molecular formula is C23H24N4O6S. The summed E-state index contributed by atoms with van der Waals surface area (Å²) >= 11 is 0. The molecule has 0 radical (unpaired) electrons. The maximum absolute atomic E-state index is 11.2. The van der Waals surface area contributed by atoms with E-state index in [1.165, 1.54) is 30.3 Å². The molecule has 1 heterocycles. The highest BCUT2D eigenvalue weighted by Gasteiger charge is 2.25. The number of morpholine rings is 1. The molecule has 4 rings (SSSR count). The molecule has 1 aliphatic carbocycles. The Morgan fingerprint density at radius 3 is 2.53 bits per heavy atom. The van der Waals surface area contributed by atoms with Crippen molar-refractivity contribution in [2.24, 2.45) is 5.10 Å². The van der Waals surface area contributed by atoms with Crippen molar-refractivity contribution in [1.82, 2.24) is 4.90 Å². The number of hydrogen-bond acceptors (Lipinski definition) is 8. The number of nitrogens with one attached hydrogen (secondary N) is 1. The number of hydrogen-bond donors (Lipinski definition) is 2. The van der Waals surface area contributed by atoms with E-state index in [1.54, 1.807) is 18.3 Å². The molecule has 2 N–H and O–H groups in total. The zero-order valence-corrected chi connectivity index (χ0v) is 19.1. The first-order valence-electron chi connectivity index (χ1n) is 10.7. The van der Waals surface area contributed by atoms with Crippen molar-refractivity contribution < 1.29 is 22.6 Å². The summed E-state index contributed by atoms with van der Waals surface area (Å²) in [4.78, 5) is 12.8. The SMILES string of the molecule is O=[N+]([O-])c1cccc(/C=C2\CCC(/C=N/Nc3ccc(S(=O)(=O)O)cc3)=C2N2CCOCC2)c1. The third-order valence-electron chi connectivity index (χ3n) is 5.59. The topological polar surface area (TPSA) is 134 Å². The van der Waals surface area contributed by atoms with Crippen LogP contribution in [0.5, 0.6) is 0 Å². The lowest BCUT2D eigenvalue weighted by atomic mass is 10.1. The van der Waals surface area contributed by atoms with E-state index in [2.05, 4.69) is 15.4 Å². The molecule has 0 saturated carbocycles. The van der Waals surface area contributed by atoms with Crippen LogP contribution in [-0.2, 0) is 14.9 Å². The lowest BCUT2D eigenvalue weighted by molar-refractivity contribution is -0.384. The molecular weight excluding hydrogens is 460 g/mol. The number of nitro benzene ring substituents is 1. The minimum Gasteiger partial charge on any atom is -0.378 e. The average molecular weight is 485 g/mol. The standard InChI is InChI=1S/C23H24N4O6S/c28-27(29)21-3-1-2-17(15-21)14-18-4-5-19(23(18)26-10-12-33-13-11-26)16-24-25-20-6-8-22(9-7-20)34(30,31)32/h1-3,6-9,14-16,25H,4-5,10-13H2,(H,30,31,32)/b18-14+,24-16+. The van der Waals surface area contributed by atoms with Gasteiger partial charge >= 0.3 is 0 Å². The summed E-state index contributed by atoms with van der Waals surface area (Å²) in [6.45, 7) is 2.72. The molecule has 0 spiro atoms. The van der Waals surface area contributed by atoms with Crippen molar-refractivity contribution in [3.8, 4) is 0 Å². The van der Waals surface area contributed by atoms with E-state index in [4.69, 9.17) is 9.29 Å². The summed E-state index contributed by atoms with van der Waals surface area (Å²) in [5.41, 5.74) is 7.44. The fourth-order valence-electron chi connectivity index (χ4n) is 3.99. The van der Waals surface area contributed by atoms with Crippen molar-refractivity contribution in [3.63, 3.8) is 0 Å². The minimum absolute atomic E-state index is 0.0512. The number of nitrogens with zero attached hydrogens (tertiary/aromatic N) is 3. The van der Waals surface area contributed by atoms with Gasteiger partial charge in [0.15, 0.2) is 0 Å². The maximum atomic E-state index is 11.2. The van der Waals surface area contributed by atoms with Gasteiger partial charge < -0.3 is 9.64 Å². The summed E-state index contributed by atoms with van der Waals surface area (Å²) in [6.07, 6.45) is 5.27. The van der Waals surface area contributed by atoms with Crippen LogP contribution in [0.1, 0.15) is 18.4 Å². The van der Waals surface area contributed by atoms with Crippen LogP contribution in [0.25, 0.3) is 6.08 Å². The van der Waals surface area contributed by atoms with Crippen LogP contribution >= 0.6 is 0 Å². The Bertz CT molecular complexity index is 1260. The fourth-order valence-corrected chi connectivity index (χ4v) is 4.47. The highest BCUT2D eigenvalue weighted by Crippen LogP contribution is 2.35. The van der Waals surface area contributed by atoms with Gasteiger partial charge in [-0.3, -0.25) is 20.1 Å². The molecule has 1 saturated heterocycles. The lowest BCUT2D eigenvalue weighted by Gasteiger charge is -2.31. The number of allylic oxidation sites excluding steroid dienone is 2. The normalized spacial score (nSPS) is 18.1. The molecule has 1 fully saturated rings. The second-order valence-corrected chi connectivity index (χ2v) is 9.29. The minimum atomic E-state index is -4.25. The van der Waals surface area contributed by atoms with Gasteiger partial charge in [0.05, 0.1) is 34.9 Å². The summed E-state index contributed by atoms with van der Waals surface area (Å²) in [5, 5.41) is 15.5. The molecule has 2 aliphatic rings. The van der Waals surface area contributed by atoms with Crippen LogP contribution in [-0.4, -0.2) is 55.3 Å². The monoisotopic (exact) mass is 484 g/mol. The molecule has 2 aromatic carbocycles. The number of nitro groups is 1. The predicted molar refractivity (Wildman–Crippen MR) is 128 cm³/mol. The highest BCUT2D eigenvalue weighted by atomic mass is 32.2. The van der Waals surface area contributed by atoms with Crippen LogP contribution in [0.3, 0.4) is 0 Å². The Hall–Kier alpha value is -3.54. The van der Waals surface area contributed by atoms with E-state index in [0.29, 0.717) is 18.9 Å². The molecule has 34 heavy (non-hydrogen) atoms. The van der Waals surface area contributed by atoms with Crippen molar-refractivity contribution >= 4 is 33.8 Å². The second kappa shape index (κ2) is 10.2. The van der Waals surface area contributed by atoms with Crippen molar-refractivity contribution in [2.45, 2.75) is 17.7 Å². The van der Waals surface area contributed by atoms with Crippen LogP contribution in [0.4, 0.5) is 11.4 Å². The fraction of sp³-hybridized carbons (Fsp3) is 0.261.